The second kappa shape index (κ2) is 4.25. The van der Waals surface area contributed by atoms with Crippen molar-refractivity contribution in [2.24, 2.45) is 5.92 Å². The van der Waals surface area contributed by atoms with Crippen molar-refractivity contribution >= 4 is 0 Å². The standard InChI is InChI=1S/C11H20N2/c1-2-7-13-8-3-6-12-11(9-13)10-4-5-10/h2,10-12H,1,3-9H2. The van der Waals surface area contributed by atoms with Crippen molar-refractivity contribution in [2.75, 3.05) is 26.2 Å². The fourth-order valence-corrected chi connectivity index (χ4v) is 2.19. The van der Waals surface area contributed by atoms with Crippen LogP contribution in [0.3, 0.4) is 0 Å². The first-order valence-electron chi connectivity index (χ1n) is 5.47. The Labute approximate surface area is 81.0 Å². The molecule has 0 aromatic carbocycles. The normalized spacial score (nSPS) is 31.2. The van der Waals surface area contributed by atoms with E-state index in [1.807, 2.05) is 6.08 Å². The Morgan fingerprint density at radius 3 is 3.00 bits per heavy atom. The molecule has 0 bridgehead atoms. The second-order valence-corrected chi connectivity index (χ2v) is 4.30. The summed E-state index contributed by atoms with van der Waals surface area (Å²) in [6.45, 7) is 8.54. The first-order chi connectivity index (χ1) is 6.40. The van der Waals surface area contributed by atoms with E-state index < -0.39 is 0 Å². The van der Waals surface area contributed by atoms with Crippen LogP contribution in [0.1, 0.15) is 19.3 Å². The Balaban J connectivity index is 1.85. The molecule has 2 rings (SSSR count). The highest BCUT2D eigenvalue weighted by atomic mass is 15.2. The highest BCUT2D eigenvalue weighted by Crippen LogP contribution is 2.33. The number of rotatable bonds is 3. The predicted molar refractivity (Wildman–Crippen MR) is 55.8 cm³/mol. The van der Waals surface area contributed by atoms with E-state index in [-0.39, 0.29) is 0 Å². The summed E-state index contributed by atoms with van der Waals surface area (Å²) in [7, 11) is 0. The average molecular weight is 180 g/mol. The lowest BCUT2D eigenvalue weighted by Crippen LogP contribution is -2.39. The largest absolute Gasteiger partial charge is 0.312 e. The van der Waals surface area contributed by atoms with Crippen LogP contribution in [0.2, 0.25) is 0 Å². The van der Waals surface area contributed by atoms with Crippen LogP contribution in [0.25, 0.3) is 0 Å². The van der Waals surface area contributed by atoms with E-state index in [1.165, 1.54) is 38.9 Å². The summed E-state index contributed by atoms with van der Waals surface area (Å²) in [6.07, 6.45) is 6.20. The van der Waals surface area contributed by atoms with Crippen molar-refractivity contribution in [3.8, 4) is 0 Å². The zero-order valence-electron chi connectivity index (χ0n) is 8.34. The van der Waals surface area contributed by atoms with Gasteiger partial charge >= 0.3 is 0 Å². The third-order valence-electron chi connectivity index (χ3n) is 3.09. The molecule has 1 atom stereocenters. The molecule has 13 heavy (non-hydrogen) atoms. The van der Waals surface area contributed by atoms with E-state index in [2.05, 4.69) is 16.8 Å². The summed E-state index contributed by atoms with van der Waals surface area (Å²) in [5.74, 6) is 0.977. The van der Waals surface area contributed by atoms with Crippen LogP contribution in [-0.4, -0.2) is 37.1 Å². The molecule has 1 saturated heterocycles. The van der Waals surface area contributed by atoms with Gasteiger partial charge in [-0.05, 0) is 38.3 Å². The van der Waals surface area contributed by atoms with Crippen molar-refractivity contribution in [3.63, 3.8) is 0 Å². The molecule has 2 heteroatoms. The van der Waals surface area contributed by atoms with E-state index in [1.54, 1.807) is 0 Å². The Morgan fingerprint density at radius 2 is 2.31 bits per heavy atom. The number of nitrogens with zero attached hydrogens (tertiary/aromatic N) is 1. The molecule has 0 spiro atoms. The molecule has 2 aliphatic rings. The monoisotopic (exact) mass is 180 g/mol. The summed E-state index contributed by atoms with van der Waals surface area (Å²) in [4.78, 5) is 2.52. The van der Waals surface area contributed by atoms with Crippen LogP contribution in [0.5, 0.6) is 0 Å². The predicted octanol–water partition coefficient (Wildman–Crippen LogP) is 1.25. The van der Waals surface area contributed by atoms with Crippen molar-refractivity contribution < 1.29 is 0 Å². The number of hydrogen-bond donors (Lipinski definition) is 1. The van der Waals surface area contributed by atoms with Crippen LogP contribution in [-0.2, 0) is 0 Å². The lowest BCUT2D eigenvalue weighted by Gasteiger charge is -2.22. The van der Waals surface area contributed by atoms with Gasteiger partial charge in [-0.1, -0.05) is 6.08 Å². The fraction of sp³-hybridized carbons (Fsp3) is 0.818. The van der Waals surface area contributed by atoms with Gasteiger partial charge in [-0.2, -0.15) is 0 Å². The summed E-state index contributed by atoms with van der Waals surface area (Å²) in [5.41, 5.74) is 0. The summed E-state index contributed by atoms with van der Waals surface area (Å²) in [5, 5.41) is 3.66. The van der Waals surface area contributed by atoms with Gasteiger partial charge < -0.3 is 5.32 Å². The van der Waals surface area contributed by atoms with Crippen molar-refractivity contribution in [3.05, 3.63) is 12.7 Å². The van der Waals surface area contributed by atoms with Gasteiger partial charge in [-0.25, -0.2) is 0 Å². The quantitative estimate of drug-likeness (QED) is 0.658. The van der Waals surface area contributed by atoms with Crippen LogP contribution in [0, 0.1) is 5.92 Å². The van der Waals surface area contributed by atoms with Crippen LogP contribution in [0.4, 0.5) is 0 Å². The number of hydrogen-bond acceptors (Lipinski definition) is 2. The van der Waals surface area contributed by atoms with E-state index in [4.69, 9.17) is 0 Å². The lowest BCUT2D eigenvalue weighted by atomic mass is 10.2. The second-order valence-electron chi connectivity index (χ2n) is 4.30. The first kappa shape index (κ1) is 9.22. The third kappa shape index (κ3) is 2.55. The first-order valence-corrected chi connectivity index (χ1v) is 5.47. The fourth-order valence-electron chi connectivity index (χ4n) is 2.19. The van der Waals surface area contributed by atoms with Gasteiger partial charge in [0.1, 0.15) is 0 Å². The summed E-state index contributed by atoms with van der Waals surface area (Å²) < 4.78 is 0. The number of nitrogens with one attached hydrogen (secondary N) is 1. The maximum atomic E-state index is 3.81. The minimum atomic E-state index is 0.766. The minimum Gasteiger partial charge on any atom is -0.312 e. The Kier molecular flexibility index (Phi) is 3.01. The van der Waals surface area contributed by atoms with Crippen LogP contribution in [0.15, 0.2) is 12.7 Å². The minimum absolute atomic E-state index is 0.766. The molecule has 74 valence electrons. The molecular weight excluding hydrogens is 160 g/mol. The molecule has 0 amide bonds. The highest BCUT2D eigenvalue weighted by molar-refractivity contribution is 4.91. The van der Waals surface area contributed by atoms with Gasteiger partial charge in [0.2, 0.25) is 0 Å². The molecule has 1 aliphatic carbocycles. The van der Waals surface area contributed by atoms with Gasteiger partial charge in [0.15, 0.2) is 0 Å². The smallest absolute Gasteiger partial charge is 0.0223 e. The molecule has 1 aliphatic heterocycles. The topological polar surface area (TPSA) is 15.3 Å². The van der Waals surface area contributed by atoms with E-state index in [9.17, 15) is 0 Å². The lowest BCUT2D eigenvalue weighted by molar-refractivity contribution is 0.283. The van der Waals surface area contributed by atoms with E-state index in [0.717, 1.165) is 18.5 Å². The van der Waals surface area contributed by atoms with Crippen molar-refractivity contribution in [1.82, 2.24) is 10.2 Å². The molecule has 0 aromatic rings. The zero-order chi connectivity index (χ0) is 9.10. The van der Waals surface area contributed by atoms with Gasteiger partial charge in [-0.15, -0.1) is 6.58 Å². The summed E-state index contributed by atoms with van der Waals surface area (Å²) >= 11 is 0. The van der Waals surface area contributed by atoms with Crippen molar-refractivity contribution in [1.29, 1.82) is 0 Å². The SMILES string of the molecule is C=CCN1CCCNC(C2CC2)C1. The molecule has 1 saturated carbocycles. The van der Waals surface area contributed by atoms with E-state index in [0.29, 0.717) is 0 Å². The molecule has 2 nitrogen and oxygen atoms in total. The van der Waals surface area contributed by atoms with Gasteiger partial charge in [0.25, 0.3) is 0 Å². The van der Waals surface area contributed by atoms with Crippen molar-refractivity contribution in [2.45, 2.75) is 25.3 Å². The Bertz CT molecular complexity index is 175. The average Bonchev–Trinajstić information content (AvgIpc) is 2.90. The van der Waals surface area contributed by atoms with Gasteiger partial charge in [0, 0.05) is 19.1 Å². The summed E-state index contributed by atoms with van der Waals surface area (Å²) in [6, 6.07) is 0.766. The molecule has 1 N–H and O–H groups in total. The Hall–Kier alpha value is -0.340. The van der Waals surface area contributed by atoms with Crippen LogP contribution >= 0.6 is 0 Å². The molecule has 2 fully saturated rings. The molecule has 1 heterocycles. The Morgan fingerprint density at radius 1 is 1.46 bits per heavy atom. The molecular formula is C11H20N2. The molecule has 0 radical (unpaired) electrons. The van der Waals surface area contributed by atoms with Crippen LogP contribution < -0.4 is 5.32 Å². The maximum absolute atomic E-state index is 3.81. The van der Waals surface area contributed by atoms with E-state index >= 15 is 0 Å². The van der Waals surface area contributed by atoms with Gasteiger partial charge in [0.05, 0.1) is 0 Å². The maximum Gasteiger partial charge on any atom is 0.0223 e. The molecule has 1 unspecified atom stereocenters. The zero-order valence-corrected chi connectivity index (χ0v) is 8.34. The molecule has 0 aromatic heterocycles. The van der Waals surface area contributed by atoms with Gasteiger partial charge in [-0.3, -0.25) is 4.90 Å². The highest BCUT2D eigenvalue weighted by Gasteiger charge is 2.32. The third-order valence-corrected chi connectivity index (χ3v) is 3.09.